The van der Waals surface area contributed by atoms with Gasteiger partial charge in [0, 0.05) is 38.0 Å². The molecule has 0 saturated heterocycles. The monoisotopic (exact) mass is 374 g/mol. The molecule has 0 aliphatic rings. The molecule has 144 valence electrons. The number of nitrogens with zero attached hydrogens (tertiary/aromatic N) is 1. The van der Waals surface area contributed by atoms with Crippen molar-refractivity contribution in [3.8, 4) is 5.75 Å². The van der Waals surface area contributed by atoms with Crippen LogP contribution >= 0.6 is 0 Å². The minimum Gasteiger partial charge on any atom is -0.434 e. The summed E-state index contributed by atoms with van der Waals surface area (Å²) in [6, 6.07) is 14.6. The summed E-state index contributed by atoms with van der Waals surface area (Å²) in [4.78, 5) is 13.9. The van der Waals surface area contributed by atoms with Gasteiger partial charge in [0.05, 0.1) is 0 Å². The van der Waals surface area contributed by atoms with Gasteiger partial charge in [-0.3, -0.25) is 4.79 Å². The molecule has 6 heteroatoms. The number of rotatable bonds is 9. The van der Waals surface area contributed by atoms with Gasteiger partial charge in [-0.05, 0) is 42.7 Å². The summed E-state index contributed by atoms with van der Waals surface area (Å²) >= 11 is 0. The Kier molecular flexibility index (Phi) is 7.79. The third-order valence-corrected chi connectivity index (χ3v) is 3.94. The van der Waals surface area contributed by atoms with E-state index in [1.165, 1.54) is 23.8 Å². The molecular weight excluding hydrogens is 350 g/mol. The van der Waals surface area contributed by atoms with Gasteiger partial charge in [0.2, 0.25) is 5.91 Å². The fraction of sp³-hybridized carbons (Fsp3) is 0.286. The summed E-state index contributed by atoms with van der Waals surface area (Å²) in [5.74, 6) is -0.234. The van der Waals surface area contributed by atoms with Gasteiger partial charge in [-0.1, -0.05) is 30.3 Å². The van der Waals surface area contributed by atoms with E-state index in [0.29, 0.717) is 12.1 Å². The van der Waals surface area contributed by atoms with E-state index < -0.39 is 6.61 Å². The van der Waals surface area contributed by atoms with E-state index in [2.05, 4.69) is 34.3 Å². The lowest BCUT2D eigenvalue weighted by atomic mass is 10.1. The number of para-hydroxylation sites is 1. The van der Waals surface area contributed by atoms with Gasteiger partial charge in [0.25, 0.3) is 0 Å². The molecule has 0 fully saturated rings. The highest BCUT2D eigenvalue weighted by molar-refractivity contribution is 5.92. The lowest BCUT2D eigenvalue weighted by Crippen LogP contribution is -2.22. The highest BCUT2D eigenvalue weighted by Crippen LogP contribution is 2.21. The topological polar surface area (TPSA) is 41.6 Å². The standard InChI is InChI=1S/C21H24F2N2O2/c1-25(2)18-12-9-16(10-13-18)6-5-15-24-20(26)14-11-17-7-3-4-8-19(17)27-21(22)23/h3-4,7-14,21H,5-6,15H2,1-2H3,(H,24,26)/b14-11+. The molecule has 0 bridgehead atoms. The maximum Gasteiger partial charge on any atom is 0.387 e. The van der Waals surface area contributed by atoms with Crippen molar-refractivity contribution in [2.24, 2.45) is 0 Å². The number of amides is 1. The second-order valence-electron chi connectivity index (χ2n) is 6.21. The molecule has 0 aliphatic carbocycles. The third kappa shape index (κ3) is 7.09. The summed E-state index contributed by atoms with van der Waals surface area (Å²) in [7, 11) is 3.99. The summed E-state index contributed by atoms with van der Waals surface area (Å²) in [6.07, 6.45) is 4.46. The zero-order chi connectivity index (χ0) is 19.6. The van der Waals surface area contributed by atoms with E-state index in [0.717, 1.165) is 18.5 Å². The van der Waals surface area contributed by atoms with Gasteiger partial charge in [0.1, 0.15) is 5.75 Å². The van der Waals surface area contributed by atoms with E-state index in [4.69, 9.17) is 0 Å². The molecule has 0 spiro atoms. The number of carbonyl (C=O) groups is 1. The normalized spacial score (nSPS) is 11.0. The molecule has 1 N–H and O–H groups in total. The molecular formula is C21H24F2N2O2. The summed E-state index contributed by atoms with van der Waals surface area (Å²) < 4.78 is 29.2. The lowest BCUT2D eigenvalue weighted by molar-refractivity contribution is -0.116. The molecule has 27 heavy (non-hydrogen) atoms. The Labute approximate surface area is 158 Å². The van der Waals surface area contributed by atoms with E-state index >= 15 is 0 Å². The minimum atomic E-state index is -2.90. The first-order chi connectivity index (χ1) is 13.0. The van der Waals surface area contributed by atoms with Crippen LogP contribution in [0.5, 0.6) is 5.75 Å². The Morgan fingerprint density at radius 1 is 1.15 bits per heavy atom. The van der Waals surface area contributed by atoms with Gasteiger partial charge < -0.3 is 15.0 Å². The van der Waals surface area contributed by atoms with Crippen molar-refractivity contribution in [3.63, 3.8) is 0 Å². The number of ether oxygens (including phenoxy) is 1. The van der Waals surface area contributed by atoms with Crippen molar-refractivity contribution in [2.45, 2.75) is 19.5 Å². The van der Waals surface area contributed by atoms with Crippen LogP contribution in [0.3, 0.4) is 0 Å². The van der Waals surface area contributed by atoms with E-state index in [9.17, 15) is 13.6 Å². The molecule has 1 amide bonds. The number of aryl methyl sites for hydroxylation is 1. The molecule has 2 rings (SSSR count). The summed E-state index contributed by atoms with van der Waals surface area (Å²) in [5, 5.41) is 2.79. The van der Waals surface area contributed by atoms with Gasteiger partial charge in [-0.2, -0.15) is 8.78 Å². The Morgan fingerprint density at radius 2 is 1.85 bits per heavy atom. The first-order valence-corrected chi connectivity index (χ1v) is 8.71. The van der Waals surface area contributed by atoms with Crippen molar-refractivity contribution in [1.29, 1.82) is 0 Å². The number of benzene rings is 2. The van der Waals surface area contributed by atoms with Gasteiger partial charge in [0.15, 0.2) is 0 Å². The third-order valence-electron chi connectivity index (χ3n) is 3.94. The Hall–Kier alpha value is -2.89. The fourth-order valence-electron chi connectivity index (χ4n) is 2.51. The van der Waals surface area contributed by atoms with Crippen LogP contribution in [-0.4, -0.2) is 33.2 Å². The van der Waals surface area contributed by atoms with Crippen LogP contribution in [0.2, 0.25) is 0 Å². The SMILES string of the molecule is CN(C)c1ccc(CCCNC(=O)/C=C/c2ccccc2OC(F)F)cc1. The number of halogens is 2. The second-order valence-corrected chi connectivity index (χ2v) is 6.21. The first kappa shape index (κ1) is 20.4. The van der Waals surface area contributed by atoms with Gasteiger partial charge >= 0.3 is 6.61 Å². The summed E-state index contributed by atoms with van der Waals surface area (Å²) in [5.41, 5.74) is 2.78. The predicted molar refractivity (Wildman–Crippen MR) is 104 cm³/mol. The van der Waals surface area contributed by atoms with Crippen LogP contribution < -0.4 is 15.0 Å². The number of hydrogen-bond acceptors (Lipinski definition) is 3. The van der Waals surface area contributed by atoms with Gasteiger partial charge in [-0.15, -0.1) is 0 Å². The zero-order valence-corrected chi connectivity index (χ0v) is 15.5. The Balaban J connectivity index is 1.77. The summed E-state index contributed by atoms with van der Waals surface area (Å²) in [6.45, 7) is -2.37. The molecule has 0 unspecified atom stereocenters. The molecule has 2 aromatic rings. The van der Waals surface area contributed by atoms with E-state index in [-0.39, 0.29) is 11.7 Å². The van der Waals surface area contributed by atoms with Crippen molar-refractivity contribution in [1.82, 2.24) is 5.32 Å². The van der Waals surface area contributed by atoms with Crippen molar-refractivity contribution in [2.75, 3.05) is 25.5 Å². The molecule has 0 aromatic heterocycles. The molecule has 0 atom stereocenters. The average molecular weight is 374 g/mol. The molecule has 0 heterocycles. The molecule has 0 saturated carbocycles. The molecule has 2 aromatic carbocycles. The Bertz CT molecular complexity index is 759. The van der Waals surface area contributed by atoms with Crippen LogP contribution in [-0.2, 0) is 11.2 Å². The number of carbonyl (C=O) groups excluding carboxylic acids is 1. The van der Waals surface area contributed by atoms with Crippen LogP contribution in [0.15, 0.2) is 54.6 Å². The van der Waals surface area contributed by atoms with E-state index in [1.807, 2.05) is 19.0 Å². The second kappa shape index (κ2) is 10.3. The van der Waals surface area contributed by atoms with Gasteiger partial charge in [-0.25, -0.2) is 0 Å². The average Bonchev–Trinajstić information content (AvgIpc) is 2.64. The molecule has 0 radical (unpaired) electrons. The predicted octanol–water partition coefficient (Wildman–Crippen LogP) is 4.12. The number of nitrogens with one attached hydrogen (secondary N) is 1. The van der Waals surface area contributed by atoms with Crippen molar-refractivity contribution < 1.29 is 18.3 Å². The smallest absolute Gasteiger partial charge is 0.387 e. The minimum absolute atomic E-state index is 0.0396. The number of anilines is 1. The maximum atomic E-state index is 12.4. The van der Waals surface area contributed by atoms with Crippen molar-refractivity contribution >= 4 is 17.7 Å². The maximum absolute atomic E-state index is 12.4. The Morgan fingerprint density at radius 3 is 2.52 bits per heavy atom. The highest BCUT2D eigenvalue weighted by Gasteiger charge is 2.07. The zero-order valence-electron chi connectivity index (χ0n) is 15.5. The van der Waals surface area contributed by atoms with E-state index in [1.54, 1.807) is 18.2 Å². The quantitative estimate of drug-likeness (QED) is 0.530. The number of hydrogen-bond donors (Lipinski definition) is 1. The number of alkyl halides is 2. The van der Waals surface area contributed by atoms with Crippen LogP contribution in [0.4, 0.5) is 14.5 Å². The fourth-order valence-corrected chi connectivity index (χ4v) is 2.51. The molecule has 0 aliphatic heterocycles. The van der Waals surface area contributed by atoms with Crippen molar-refractivity contribution in [3.05, 3.63) is 65.7 Å². The lowest BCUT2D eigenvalue weighted by Gasteiger charge is -2.12. The van der Waals surface area contributed by atoms with Crippen LogP contribution in [0, 0.1) is 0 Å². The largest absolute Gasteiger partial charge is 0.434 e. The highest BCUT2D eigenvalue weighted by atomic mass is 19.3. The molecule has 4 nitrogen and oxygen atoms in total. The van der Waals surface area contributed by atoms with Crippen LogP contribution in [0.1, 0.15) is 17.5 Å². The van der Waals surface area contributed by atoms with Crippen LogP contribution in [0.25, 0.3) is 6.08 Å². The first-order valence-electron chi connectivity index (χ1n) is 8.71.